The van der Waals surface area contributed by atoms with Crippen LogP contribution in [0.4, 0.5) is 11.4 Å². The maximum Gasteiger partial charge on any atom is 0.273 e. The summed E-state index contributed by atoms with van der Waals surface area (Å²) in [5, 5.41) is 9.86. The van der Waals surface area contributed by atoms with Crippen LogP contribution in [-0.4, -0.2) is 35.2 Å². The minimum Gasteiger partial charge on any atom is -0.377 e. The Balaban J connectivity index is 1.79. The third-order valence-electron chi connectivity index (χ3n) is 3.75. The summed E-state index contributed by atoms with van der Waals surface area (Å²) in [5.41, 5.74) is 4.99. The first-order chi connectivity index (χ1) is 11.5. The minimum absolute atomic E-state index is 0.226. The number of benzene rings is 1. The van der Waals surface area contributed by atoms with E-state index in [1.807, 2.05) is 56.3 Å². The van der Waals surface area contributed by atoms with Crippen molar-refractivity contribution in [2.75, 3.05) is 24.3 Å². The monoisotopic (exact) mass is 321 g/mol. The van der Waals surface area contributed by atoms with Crippen molar-refractivity contribution in [1.29, 1.82) is 0 Å². The number of nitrogens with one attached hydrogen (secondary N) is 2. The Hall–Kier alpha value is -3.15. The van der Waals surface area contributed by atoms with Crippen LogP contribution in [0.3, 0.4) is 0 Å². The highest BCUT2D eigenvalue weighted by atomic mass is 16.1. The van der Waals surface area contributed by atoms with Gasteiger partial charge >= 0.3 is 0 Å². The largest absolute Gasteiger partial charge is 0.377 e. The molecule has 122 valence electrons. The topological polar surface area (TPSA) is 73.9 Å². The van der Waals surface area contributed by atoms with Crippen LogP contribution in [0.25, 0.3) is 11.3 Å². The van der Waals surface area contributed by atoms with Crippen LogP contribution in [0.2, 0.25) is 0 Å². The molecule has 24 heavy (non-hydrogen) atoms. The number of nitrogens with zero attached hydrogens (tertiary/aromatic N) is 3. The number of hydrogen-bond acceptors (Lipinski definition) is 4. The number of anilines is 2. The number of carbonyl (C=O) groups is 1. The van der Waals surface area contributed by atoms with Gasteiger partial charge in [0, 0.05) is 43.4 Å². The molecule has 6 nitrogen and oxygen atoms in total. The van der Waals surface area contributed by atoms with Gasteiger partial charge in [0.2, 0.25) is 0 Å². The van der Waals surface area contributed by atoms with Crippen molar-refractivity contribution in [1.82, 2.24) is 15.2 Å². The third kappa shape index (κ3) is 3.27. The molecule has 0 unspecified atom stereocenters. The summed E-state index contributed by atoms with van der Waals surface area (Å²) in [6, 6.07) is 11.3. The van der Waals surface area contributed by atoms with Gasteiger partial charge in [0.05, 0.1) is 5.69 Å². The fraction of sp³-hybridized carbons (Fsp3) is 0.167. The summed E-state index contributed by atoms with van der Waals surface area (Å²) in [4.78, 5) is 18.4. The summed E-state index contributed by atoms with van der Waals surface area (Å²) >= 11 is 0. The Bertz CT molecular complexity index is 855. The molecule has 0 radical (unpaired) electrons. The quantitative estimate of drug-likeness (QED) is 0.774. The standard InChI is InChI=1S/C18H19N5O/c1-12-4-5-14(10-17(12)23(2)3)20-18(24)16-11-15(21-22-16)13-6-8-19-9-7-13/h4-11H,1-3H3,(H,20,24)(H,21,22). The van der Waals surface area contributed by atoms with Gasteiger partial charge in [-0.05, 0) is 42.8 Å². The number of pyridine rings is 1. The van der Waals surface area contributed by atoms with Crippen molar-refractivity contribution < 1.29 is 4.79 Å². The lowest BCUT2D eigenvalue weighted by atomic mass is 10.1. The van der Waals surface area contributed by atoms with Crippen LogP contribution >= 0.6 is 0 Å². The summed E-state index contributed by atoms with van der Waals surface area (Å²) in [6.45, 7) is 2.04. The summed E-state index contributed by atoms with van der Waals surface area (Å²) in [7, 11) is 3.95. The van der Waals surface area contributed by atoms with Crippen LogP contribution in [-0.2, 0) is 0 Å². The molecule has 0 saturated heterocycles. The van der Waals surface area contributed by atoms with Gasteiger partial charge < -0.3 is 10.2 Å². The van der Waals surface area contributed by atoms with Crippen molar-refractivity contribution in [2.24, 2.45) is 0 Å². The molecule has 3 aromatic rings. The van der Waals surface area contributed by atoms with Crippen molar-refractivity contribution in [2.45, 2.75) is 6.92 Å². The average molecular weight is 321 g/mol. The first kappa shape index (κ1) is 15.7. The predicted octanol–water partition coefficient (Wildman–Crippen LogP) is 3.10. The SMILES string of the molecule is Cc1ccc(NC(=O)c2cc(-c3ccncc3)n[nH]2)cc1N(C)C. The van der Waals surface area contributed by atoms with Gasteiger partial charge in [-0.3, -0.25) is 14.9 Å². The van der Waals surface area contributed by atoms with Crippen LogP contribution in [0.5, 0.6) is 0 Å². The number of aromatic nitrogens is 3. The second-order valence-corrected chi connectivity index (χ2v) is 5.75. The first-order valence-electron chi connectivity index (χ1n) is 7.60. The molecule has 0 saturated carbocycles. The molecule has 2 heterocycles. The van der Waals surface area contributed by atoms with E-state index in [9.17, 15) is 4.79 Å². The van der Waals surface area contributed by atoms with Gasteiger partial charge in [0.25, 0.3) is 5.91 Å². The lowest BCUT2D eigenvalue weighted by molar-refractivity contribution is 0.102. The molecule has 1 amide bonds. The molecule has 0 aliphatic carbocycles. The Kier molecular flexibility index (Phi) is 4.29. The highest BCUT2D eigenvalue weighted by Gasteiger charge is 2.12. The zero-order valence-electron chi connectivity index (χ0n) is 13.9. The Morgan fingerprint density at radius 1 is 1.12 bits per heavy atom. The Labute approximate surface area is 140 Å². The predicted molar refractivity (Wildman–Crippen MR) is 95.3 cm³/mol. The number of carbonyl (C=O) groups excluding carboxylic acids is 1. The van der Waals surface area contributed by atoms with Crippen molar-refractivity contribution in [3.8, 4) is 11.3 Å². The lowest BCUT2D eigenvalue weighted by Gasteiger charge is -2.17. The van der Waals surface area contributed by atoms with Crippen molar-refractivity contribution >= 4 is 17.3 Å². The van der Waals surface area contributed by atoms with E-state index in [0.717, 1.165) is 22.5 Å². The lowest BCUT2D eigenvalue weighted by Crippen LogP contribution is -2.14. The second kappa shape index (κ2) is 6.54. The van der Waals surface area contributed by atoms with E-state index >= 15 is 0 Å². The van der Waals surface area contributed by atoms with E-state index in [-0.39, 0.29) is 5.91 Å². The van der Waals surface area contributed by atoms with Gasteiger partial charge in [0.1, 0.15) is 5.69 Å². The van der Waals surface area contributed by atoms with E-state index < -0.39 is 0 Å². The molecule has 2 N–H and O–H groups in total. The van der Waals surface area contributed by atoms with E-state index in [1.165, 1.54) is 0 Å². The van der Waals surface area contributed by atoms with E-state index in [4.69, 9.17) is 0 Å². The molecular weight excluding hydrogens is 302 g/mol. The summed E-state index contributed by atoms with van der Waals surface area (Å²) < 4.78 is 0. The smallest absolute Gasteiger partial charge is 0.273 e. The molecule has 0 aliphatic heterocycles. The number of H-pyrrole nitrogens is 1. The van der Waals surface area contributed by atoms with Crippen LogP contribution in [0.1, 0.15) is 16.1 Å². The van der Waals surface area contributed by atoms with Gasteiger partial charge in [-0.15, -0.1) is 0 Å². The normalized spacial score (nSPS) is 10.5. The molecule has 0 aliphatic rings. The fourth-order valence-electron chi connectivity index (χ4n) is 2.48. The summed E-state index contributed by atoms with van der Waals surface area (Å²) in [5.74, 6) is -0.226. The Morgan fingerprint density at radius 2 is 1.88 bits per heavy atom. The number of hydrogen-bond donors (Lipinski definition) is 2. The van der Waals surface area contributed by atoms with Crippen LogP contribution < -0.4 is 10.2 Å². The number of aryl methyl sites for hydroxylation is 1. The summed E-state index contributed by atoms with van der Waals surface area (Å²) in [6.07, 6.45) is 3.39. The molecule has 0 spiro atoms. The van der Waals surface area contributed by atoms with Gasteiger partial charge in [-0.2, -0.15) is 5.10 Å². The minimum atomic E-state index is -0.226. The molecule has 0 fully saturated rings. The molecule has 6 heteroatoms. The molecular formula is C18H19N5O. The average Bonchev–Trinajstić information content (AvgIpc) is 3.07. The zero-order chi connectivity index (χ0) is 17.1. The maximum absolute atomic E-state index is 12.4. The molecule has 2 aromatic heterocycles. The van der Waals surface area contributed by atoms with Gasteiger partial charge in [-0.1, -0.05) is 6.07 Å². The zero-order valence-corrected chi connectivity index (χ0v) is 13.9. The van der Waals surface area contributed by atoms with E-state index in [1.54, 1.807) is 18.5 Å². The van der Waals surface area contributed by atoms with Crippen LogP contribution in [0.15, 0.2) is 48.8 Å². The second-order valence-electron chi connectivity index (χ2n) is 5.75. The molecule has 1 aromatic carbocycles. The highest BCUT2D eigenvalue weighted by Crippen LogP contribution is 2.23. The number of amides is 1. The molecule has 0 atom stereocenters. The van der Waals surface area contributed by atoms with Crippen molar-refractivity contribution in [3.63, 3.8) is 0 Å². The number of rotatable bonds is 4. The van der Waals surface area contributed by atoms with Gasteiger partial charge in [0.15, 0.2) is 0 Å². The number of aromatic amines is 1. The van der Waals surface area contributed by atoms with E-state index in [0.29, 0.717) is 11.4 Å². The molecule has 3 rings (SSSR count). The Morgan fingerprint density at radius 3 is 2.58 bits per heavy atom. The molecule has 0 bridgehead atoms. The third-order valence-corrected chi connectivity index (χ3v) is 3.75. The van der Waals surface area contributed by atoms with E-state index in [2.05, 4.69) is 20.5 Å². The fourth-order valence-corrected chi connectivity index (χ4v) is 2.48. The van der Waals surface area contributed by atoms with Crippen LogP contribution in [0, 0.1) is 6.92 Å². The van der Waals surface area contributed by atoms with Gasteiger partial charge in [-0.25, -0.2) is 0 Å². The van der Waals surface area contributed by atoms with Crippen molar-refractivity contribution in [3.05, 3.63) is 60.0 Å². The first-order valence-corrected chi connectivity index (χ1v) is 7.60. The maximum atomic E-state index is 12.4. The highest BCUT2D eigenvalue weighted by molar-refractivity contribution is 6.03.